The van der Waals surface area contributed by atoms with Crippen LogP contribution < -0.4 is 5.32 Å². The highest BCUT2D eigenvalue weighted by Gasteiger charge is 2.29. The van der Waals surface area contributed by atoms with Crippen LogP contribution in [-0.2, 0) is 16.1 Å². The number of carbonyl (C=O) groups excluding carboxylic acids is 2. The molecule has 0 aliphatic rings. The Morgan fingerprint density at radius 3 is 2.30 bits per heavy atom. The van der Waals surface area contributed by atoms with Crippen LogP contribution in [0.2, 0.25) is 0 Å². The molecule has 2 aromatic carbocycles. The highest BCUT2D eigenvalue weighted by Crippen LogP contribution is 2.21. The van der Waals surface area contributed by atoms with Crippen LogP contribution in [0.5, 0.6) is 0 Å². The average molecular weight is 427 g/mol. The van der Waals surface area contributed by atoms with Gasteiger partial charge in [0.1, 0.15) is 6.04 Å². The summed E-state index contributed by atoms with van der Waals surface area (Å²) in [4.78, 5) is 29.0. The second kappa shape index (κ2) is 11.8. The summed E-state index contributed by atoms with van der Waals surface area (Å²) in [6, 6.07) is 15.9. The Kier molecular flexibility index (Phi) is 9.44. The molecule has 30 heavy (non-hydrogen) atoms. The van der Waals surface area contributed by atoms with E-state index in [0.29, 0.717) is 18.7 Å². The molecule has 0 aliphatic heterocycles. The molecule has 0 saturated heterocycles. The maximum absolute atomic E-state index is 13.3. The summed E-state index contributed by atoms with van der Waals surface area (Å²) in [7, 11) is 0. The van der Waals surface area contributed by atoms with Crippen molar-refractivity contribution in [1.82, 2.24) is 10.2 Å². The van der Waals surface area contributed by atoms with Crippen LogP contribution in [0.4, 0.5) is 0 Å². The number of rotatable bonds is 10. The van der Waals surface area contributed by atoms with E-state index in [4.69, 9.17) is 0 Å². The third-order valence-electron chi connectivity index (χ3n) is 5.21. The van der Waals surface area contributed by atoms with Gasteiger partial charge in [0.15, 0.2) is 0 Å². The predicted octanol–water partition coefficient (Wildman–Crippen LogP) is 5.12. The number of amides is 2. The van der Waals surface area contributed by atoms with Crippen LogP contribution in [0.15, 0.2) is 53.4 Å². The molecule has 0 aromatic heterocycles. The van der Waals surface area contributed by atoms with E-state index in [1.807, 2.05) is 77.1 Å². The monoisotopic (exact) mass is 426 g/mol. The largest absolute Gasteiger partial charge is 0.352 e. The Hall–Kier alpha value is -2.27. The molecule has 0 radical (unpaired) electrons. The van der Waals surface area contributed by atoms with Crippen LogP contribution in [0.3, 0.4) is 0 Å². The SMILES string of the molecule is CC[C@@H](C)NC(=O)[C@H](CC)N(Cc1cccc(C)c1)C(=O)CSc1ccc(C)cc1. The lowest BCUT2D eigenvalue weighted by Crippen LogP contribution is -2.51. The molecule has 2 amide bonds. The fourth-order valence-electron chi connectivity index (χ4n) is 3.23. The number of nitrogens with one attached hydrogen (secondary N) is 1. The summed E-state index contributed by atoms with van der Waals surface area (Å²) in [6.45, 7) is 10.5. The van der Waals surface area contributed by atoms with E-state index in [1.165, 1.54) is 17.3 Å². The minimum Gasteiger partial charge on any atom is -0.352 e. The smallest absolute Gasteiger partial charge is 0.243 e. The van der Waals surface area contributed by atoms with Crippen molar-refractivity contribution in [2.24, 2.45) is 0 Å². The van der Waals surface area contributed by atoms with Gasteiger partial charge in [-0.3, -0.25) is 9.59 Å². The zero-order valence-electron chi connectivity index (χ0n) is 18.8. The fraction of sp³-hybridized carbons (Fsp3) is 0.440. The van der Waals surface area contributed by atoms with Crippen molar-refractivity contribution in [3.8, 4) is 0 Å². The van der Waals surface area contributed by atoms with Crippen LogP contribution in [0, 0.1) is 13.8 Å². The standard InChI is InChI=1S/C25H34N2O2S/c1-6-20(5)26-25(29)23(7-2)27(16-21-10-8-9-19(4)15-21)24(28)17-30-22-13-11-18(3)12-14-22/h8-15,20,23H,6-7,16-17H2,1-5H3,(H,26,29)/t20-,23+/m1/s1. The Morgan fingerprint density at radius 2 is 1.70 bits per heavy atom. The number of hydrogen-bond acceptors (Lipinski definition) is 3. The zero-order valence-corrected chi connectivity index (χ0v) is 19.6. The van der Waals surface area contributed by atoms with E-state index < -0.39 is 6.04 Å². The lowest BCUT2D eigenvalue weighted by atomic mass is 10.1. The minimum atomic E-state index is -0.481. The predicted molar refractivity (Wildman–Crippen MR) is 126 cm³/mol. The van der Waals surface area contributed by atoms with Gasteiger partial charge in [-0.15, -0.1) is 11.8 Å². The summed E-state index contributed by atoms with van der Waals surface area (Å²) >= 11 is 1.51. The lowest BCUT2D eigenvalue weighted by Gasteiger charge is -2.31. The van der Waals surface area contributed by atoms with Gasteiger partial charge in [0.25, 0.3) is 0 Å². The van der Waals surface area contributed by atoms with E-state index in [9.17, 15) is 9.59 Å². The molecule has 0 bridgehead atoms. The molecule has 5 heteroatoms. The molecule has 0 heterocycles. The maximum atomic E-state index is 13.3. The first-order valence-corrected chi connectivity index (χ1v) is 11.7. The Bertz CT molecular complexity index is 835. The number of carbonyl (C=O) groups is 2. The first-order chi connectivity index (χ1) is 14.3. The van der Waals surface area contributed by atoms with E-state index >= 15 is 0 Å². The van der Waals surface area contributed by atoms with Crippen LogP contribution in [0.1, 0.15) is 50.3 Å². The third-order valence-corrected chi connectivity index (χ3v) is 6.20. The van der Waals surface area contributed by atoms with Gasteiger partial charge in [0.2, 0.25) is 11.8 Å². The summed E-state index contributed by atoms with van der Waals surface area (Å²) in [6.07, 6.45) is 1.44. The van der Waals surface area contributed by atoms with Crippen molar-refractivity contribution in [3.05, 3.63) is 65.2 Å². The van der Waals surface area contributed by atoms with Gasteiger partial charge < -0.3 is 10.2 Å². The van der Waals surface area contributed by atoms with E-state index in [0.717, 1.165) is 22.4 Å². The van der Waals surface area contributed by atoms with E-state index in [-0.39, 0.29) is 17.9 Å². The molecule has 0 spiro atoms. The average Bonchev–Trinajstić information content (AvgIpc) is 2.72. The van der Waals surface area contributed by atoms with Crippen molar-refractivity contribution >= 4 is 23.6 Å². The van der Waals surface area contributed by atoms with Crippen molar-refractivity contribution in [3.63, 3.8) is 0 Å². The molecule has 0 unspecified atom stereocenters. The summed E-state index contributed by atoms with van der Waals surface area (Å²) in [5.41, 5.74) is 3.38. The maximum Gasteiger partial charge on any atom is 0.243 e. The van der Waals surface area contributed by atoms with Gasteiger partial charge in [-0.05, 0) is 51.3 Å². The van der Waals surface area contributed by atoms with Crippen LogP contribution in [-0.4, -0.2) is 34.6 Å². The van der Waals surface area contributed by atoms with E-state index in [1.54, 1.807) is 4.90 Å². The zero-order chi connectivity index (χ0) is 22.1. The molecular weight excluding hydrogens is 392 g/mol. The number of nitrogens with zero attached hydrogens (tertiary/aromatic N) is 1. The Morgan fingerprint density at radius 1 is 1.00 bits per heavy atom. The Labute approximate surface area is 185 Å². The quantitative estimate of drug-likeness (QED) is 0.537. The van der Waals surface area contributed by atoms with Gasteiger partial charge in [-0.2, -0.15) is 0 Å². The molecule has 2 atom stereocenters. The molecule has 4 nitrogen and oxygen atoms in total. The van der Waals surface area contributed by atoms with Crippen molar-refractivity contribution in [2.45, 2.75) is 71.0 Å². The van der Waals surface area contributed by atoms with Crippen molar-refractivity contribution in [2.75, 3.05) is 5.75 Å². The highest BCUT2D eigenvalue weighted by atomic mass is 32.2. The lowest BCUT2D eigenvalue weighted by molar-refractivity contribution is -0.139. The third kappa shape index (κ3) is 7.21. The molecule has 1 N–H and O–H groups in total. The molecule has 0 aliphatic carbocycles. The topological polar surface area (TPSA) is 49.4 Å². The van der Waals surface area contributed by atoms with Crippen LogP contribution >= 0.6 is 11.8 Å². The van der Waals surface area contributed by atoms with Gasteiger partial charge in [-0.25, -0.2) is 0 Å². The number of hydrogen-bond donors (Lipinski definition) is 1. The second-order valence-electron chi connectivity index (χ2n) is 7.85. The number of thioether (sulfide) groups is 1. The summed E-state index contributed by atoms with van der Waals surface area (Å²) in [5, 5.41) is 3.05. The molecule has 2 rings (SSSR count). The summed E-state index contributed by atoms with van der Waals surface area (Å²) in [5.74, 6) is 0.212. The van der Waals surface area contributed by atoms with Gasteiger partial charge >= 0.3 is 0 Å². The van der Waals surface area contributed by atoms with E-state index in [2.05, 4.69) is 11.4 Å². The number of aryl methyl sites for hydroxylation is 2. The molecular formula is C25H34N2O2S. The van der Waals surface area contributed by atoms with Crippen LogP contribution in [0.25, 0.3) is 0 Å². The van der Waals surface area contributed by atoms with Crippen molar-refractivity contribution in [1.29, 1.82) is 0 Å². The molecule has 0 saturated carbocycles. The second-order valence-corrected chi connectivity index (χ2v) is 8.90. The first-order valence-electron chi connectivity index (χ1n) is 10.7. The fourth-order valence-corrected chi connectivity index (χ4v) is 4.01. The minimum absolute atomic E-state index is 0.0202. The van der Waals surface area contributed by atoms with Gasteiger partial charge in [-0.1, -0.05) is 61.4 Å². The molecule has 2 aromatic rings. The molecule has 0 fully saturated rings. The molecule has 162 valence electrons. The summed E-state index contributed by atoms with van der Waals surface area (Å²) < 4.78 is 0. The number of benzene rings is 2. The normalized spacial score (nSPS) is 12.8. The Balaban J connectivity index is 2.20. The van der Waals surface area contributed by atoms with Gasteiger partial charge in [0.05, 0.1) is 5.75 Å². The highest BCUT2D eigenvalue weighted by molar-refractivity contribution is 8.00. The van der Waals surface area contributed by atoms with Crippen molar-refractivity contribution < 1.29 is 9.59 Å². The van der Waals surface area contributed by atoms with Gasteiger partial charge in [0, 0.05) is 17.5 Å². The first kappa shape index (κ1) is 24.0.